The molecular formula is C19H15ClN2O3S. The summed E-state index contributed by atoms with van der Waals surface area (Å²) in [5.74, 6) is 0.805. The zero-order chi connectivity index (χ0) is 18.1. The highest BCUT2D eigenvalue weighted by Gasteiger charge is 2.27. The molecule has 3 aromatic rings. The van der Waals surface area contributed by atoms with Gasteiger partial charge in [-0.15, -0.1) is 6.58 Å². The summed E-state index contributed by atoms with van der Waals surface area (Å²) in [7, 11) is 0. The van der Waals surface area contributed by atoms with Crippen LogP contribution in [-0.4, -0.2) is 23.2 Å². The lowest BCUT2D eigenvalue weighted by atomic mass is 10.2. The van der Waals surface area contributed by atoms with E-state index in [4.69, 9.17) is 21.1 Å². The second kappa shape index (κ2) is 6.97. The number of hydrogen-bond acceptors (Lipinski definition) is 4. The van der Waals surface area contributed by atoms with Crippen LogP contribution in [-0.2, 0) is 11.3 Å². The Bertz CT molecular complexity index is 1070. The molecule has 1 atom stereocenters. The van der Waals surface area contributed by atoms with Crippen LogP contribution < -0.4 is 14.3 Å². The molecule has 1 aliphatic rings. The highest BCUT2D eigenvalue weighted by Crippen LogP contribution is 2.31. The molecule has 0 unspecified atom stereocenters. The number of hydrogen-bond donors (Lipinski definition) is 0. The van der Waals surface area contributed by atoms with Crippen molar-refractivity contribution in [3.8, 4) is 11.5 Å². The van der Waals surface area contributed by atoms with Gasteiger partial charge in [0.15, 0.2) is 16.3 Å². The summed E-state index contributed by atoms with van der Waals surface area (Å²) in [5, 5.41) is 0.642. The highest BCUT2D eigenvalue weighted by atomic mass is 35.5. The first-order chi connectivity index (χ1) is 12.7. The third-order valence-corrected chi connectivity index (χ3v) is 5.22. The number of benzene rings is 2. The minimum Gasteiger partial charge on any atom is -0.485 e. The number of carbonyl (C=O) groups excluding carboxylic acids is 1. The van der Waals surface area contributed by atoms with Crippen LogP contribution >= 0.6 is 22.9 Å². The van der Waals surface area contributed by atoms with Gasteiger partial charge in [-0.3, -0.25) is 4.79 Å². The topological polar surface area (TPSA) is 52.8 Å². The summed E-state index contributed by atoms with van der Waals surface area (Å²) >= 11 is 7.48. The second-order valence-corrected chi connectivity index (χ2v) is 7.16. The zero-order valence-corrected chi connectivity index (χ0v) is 15.3. The van der Waals surface area contributed by atoms with E-state index in [1.165, 1.54) is 11.3 Å². The predicted octanol–water partition coefficient (Wildman–Crippen LogP) is 3.81. The molecule has 26 heavy (non-hydrogen) atoms. The third-order valence-electron chi connectivity index (χ3n) is 3.95. The monoisotopic (exact) mass is 386 g/mol. The average molecular weight is 387 g/mol. The SMILES string of the molecule is C=CCn1c(=NC(=O)[C@H]2COc3ccccc3O2)sc2cc(Cl)ccc21. The number of rotatable bonds is 3. The maximum absolute atomic E-state index is 12.6. The van der Waals surface area contributed by atoms with Gasteiger partial charge in [0, 0.05) is 11.6 Å². The number of aromatic nitrogens is 1. The van der Waals surface area contributed by atoms with Crippen molar-refractivity contribution in [2.24, 2.45) is 4.99 Å². The smallest absolute Gasteiger partial charge is 0.292 e. The molecule has 0 aliphatic carbocycles. The van der Waals surface area contributed by atoms with E-state index in [0.29, 0.717) is 27.9 Å². The first-order valence-electron chi connectivity index (χ1n) is 8.02. The summed E-state index contributed by atoms with van der Waals surface area (Å²) in [6.45, 7) is 4.46. The molecule has 0 saturated carbocycles. The van der Waals surface area contributed by atoms with Gasteiger partial charge in [0.2, 0.25) is 6.10 Å². The molecule has 0 radical (unpaired) electrons. The van der Waals surface area contributed by atoms with E-state index in [0.717, 1.165) is 10.2 Å². The van der Waals surface area contributed by atoms with Crippen molar-refractivity contribution >= 4 is 39.1 Å². The first kappa shape index (κ1) is 16.9. The third kappa shape index (κ3) is 3.13. The second-order valence-electron chi connectivity index (χ2n) is 5.71. The summed E-state index contributed by atoms with van der Waals surface area (Å²) in [6.07, 6.45) is 0.997. The Hall–Kier alpha value is -2.57. The quantitative estimate of drug-likeness (QED) is 0.643. The standard InChI is InChI=1S/C19H15ClN2O3S/c1-2-9-22-13-8-7-12(20)10-17(13)26-19(22)21-18(23)16-11-24-14-5-3-4-6-15(14)25-16/h2-8,10,16H,1,9,11H2/t16-/m1/s1. The molecule has 4 rings (SSSR count). The molecular weight excluding hydrogens is 372 g/mol. The van der Waals surface area contributed by atoms with Gasteiger partial charge < -0.3 is 14.0 Å². The highest BCUT2D eigenvalue weighted by molar-refractivity contribution is 7.16. The fourth-order valence-electron chi connectivity index (χ4n) is 2.75. The van der Waals surface area contributed by atoms with Crippen LogP contribution in [0.2, 0.25) is 5.02 Å². The van der Waals surface area contributed by atoms with E-state index in [1.807, 2.05) is 34.9 Å². The van der Waals surface area contributed by atoms with Gasteiger partial charge >= 0.3 is 0 Å². The van der Waals surface area contributed by atoms with Crippen LogP contribution in [0.15, 0.2) is 60.1 Å². The normalized spacial score (nSPS) is 16.7. The van der Waals surface area contributed by atoms with E-state index < -0.39 is 6.10 Å². The minimum atomic E-state index is -0.768. The molecule has 2 aromatic carbocycles. The van der Waals surface area contributed by atoms with Crippen LogP contribution in [0.5, 0.6) is 11.5 Å². The molecule has 5 nitrogen and oxygen atoms in total. The first-order valence-corrected chi connectivity index (χ1v) is 9.22. The van der Waals surface area contributed by atoms with Crippen molar-refractivity contribution in [2.45, 2.75) is 12.6 Å². The van der Waals surface area contributed by atoms with E-state index >= 15 is 0 Å². The number of nitrogens with zero attached hydrogens (tertiary/aromatic N) is 2. The van der Waals surface area contributed by atoms with Crippen LogP contribution in [0.25, 0.3) is 10.2 Å². The van der Waals surface area contributed by atoms with Gasteiger partial charge in [-0.1, -0.05) is 41.1 Å². The summed E-state index contributed by atoms with van der Waals surface area (Å²) in [6, 6.07) is 12.9. The van der Waals surface area contributed by atoms with Crippen molar-refractivity contribution in [3.63, 3.8) is 0 Å². The van der Waals surface area contributed by atoms with Gasteiger partial charge in [-0.2, -0.15) is 4.99 Å². The molecule has 0 bridgehead atoms. The van der Waals surface area contributed by atoms with Crippen LogP contribution in [0.3, 0.4) is 0 Å². The molecule has 0 fully saturated rings. The lowest BCUT2D eigenvalue weighted by molar-refractivity contribution is -0.127. The van der Waals surface area contributed by atoms with Gasteiger partial charge in [-0.25, -0.2) is 0 Å². The van der Waals surface area contributed by atoms with Crippen LogP contribution in [0.4, 0.5) is 0 Å². The number of thiazole rings is 1. The van der Waals surface area contributed by atoms with E-state index in [1.54, 1.807) is 18.2 Å². The van der Waals surface area contributed by atoms with Gasteiger partial charge in [-0.05, 0) is 30.3 Å². The minimum absolute atomic E-state index is 0.136. The van der Waals surface area contributed by atoms with Crippen molar-refractivity contribution in [2.75, 3.05) is 6.61 Å². The van der Waals surface area contributed by atoms with Gasteiger partial charge in [0.05, 0.1) is 10.2 Å². The maximum atomic E-state index is 12.6. The molecule has 7 heteroatoms. The van der Waals surface area contributed by atoms with E-state index in [2.05, 4.69) is 11.6 Å². The number of ether oxygens (including phenoxy) is 2. The van der Waals surface area contributed by atoms with Crippen LogP contribution in [0, 0.1) is 0 Å². The van der Waals surface area contributed by atoms with Gasteiger partial charge in [0.1, 0.15) is 6.61 Å². The van der Waals surface area contributed by atoms with Crippen molar-refractivity contribution in [1.29, 1.82) is 0 Å². The molecule has 0 spiro atoms. The maximum Gasteiger partial charge on any atom is 0.292 e. The number of fused-ring (bicyclic) bond motifs is 2. The fraction of sp³-hybridized carbons (Fsp3) is 0.158. The Morgan fingerprint density at radius 2 is 2.15 bits per heavy atom. The molecule has 1 aliphatic heterocycles. The Balaban J connectivity index is 1.70. The molecule has 0 saturated heterocycles. The van der Waals surface area contributed by atoms with Gasteiger partial charge in [0.25, 0.3) is 5.91 Å². The average Bonchev–Trinajstić information content (AvgIpc) is 2.98. The zero-order valence-electron chi connectivity index (χ0n) is 13.7. The van der Waals surface area contributed by atoms with Crippen molar-refractivity contribution in [1.82, 2.24) is 4.57 Å². The fourth-order valence-corrected chi connectivity index (χ4v) is 4.07. The number of carbonyl (C=O) groups is 1. The Morgan fingerprint density at radius 1 is 1.35 bits per heavy atom. The predicted molar refractivity (Wildman–Crippen MR) is 102 cm³/mol. The van der Waals surface area contributed by atoms with E-state index in [-0.39, 0.29) is 12.5 Å². The molecule has 1 aromatic heterocycles. The lowest BCUT2D eigenvalue weighted by Gasteiger charge is -2.23. The lowest BCUT2D eigenvalue weighted by Crippen LogP contribution is -2.36. The molecule has 132 valence electrons. The number of halogens is 1. The Labute approximate surface area is 158 Å². The molecule has 0 N–H and O–H groups in total. The Morgan fingerprint density at radius 3 is 2.96 bits per heavy atom. The molecule has 1 amide bonds. The van der Waals surface area contributed by atoms with E-state index in [9.17, 15) is 4.79 Å². The number of allylic oxidation sites excluding steroid dienone is 1. The largest absolute Gasteiger partial charge is 0.485 e. The summed E-state index contributed by atoms with van der Waals surface area (Å²) < 4.78 is 14.2. The number of para-hydroxylation sites is 2. The Kier molecular flexibility index (Phi) is 4.53. The van der Waals surface area contributed by atoms with Crippen molar-refractivity contribution < 1.29 is 14.3 Å². The summed E-state index contributed by atoms with van der Waals surface area (Å²) in [4.78, 5) is 17.5. The van der Waals surface area contributed by atoms with Crippen LogP contribution in [0.1, 0.15) is 0 Å². The van der Waals surface area contributed by atoms with Crippen molar-refractivity contribution in [3.05, 3.63) is 64.9 Å². The summed E-state index contributed by atoms with van der Waals surface area (Å²) in [5.41, 5.74) is 0.956. The molecule has 2 heterocycles. The number of amides is 1.